The molecular weight excluding hydrogens is 397 g/mol. The van der Waals surface area contributed by atoms with Crippen LogP contribution in [0, 0.1) is 5.82 Å². The second kappa shape index (κ2) is 8.64. The van der Waals surface area contributed by atoms with E-state index in [9.17, 15) is 9.18 Å². The highest BCUT2D eigenvalue weighted by Crippen LogP contribution is 2.16. The highest BCUT2D eigenvalue weighted by atomic mass is 79.9. The Morgan fingerprint density at radius 3 is 2.38 bits per heavy atom. The Balaban J connectivity index is 1.45. The molecule has 3 rings (SSSR count). The Labute approximate surface area is 162 Å². The second-order valence-corrected chi connectivity index (χ2v) is 7.65. The topological polar surface area (TPSA) is 36.8 Å². The molecule has 0 aromatic heterocycles. The molecule has 0 bridgehead atoms. The van der Waals surface area contributed by atoms with Crippen LogP contribution in [0.3, 0.4) is 0 Å². The fraction of sp³-hybridized carbons (Fsp3) is 0.350. The van der Waals surface area contributed by atoms with Crippen molar-refractivity contribution in [2.24, 2.45) is 0 Å². The van der Waals surface area contributed by atoms with Crippen LogP contribution in [-0.2, 0) is 4.79 Å². The number of halogens is 2. The number of anilines is 1. The third-order valence-electron chi connectivity index (χ3n) is 4.82. The van der Waals surface area contributed by atoms with Crippen LogP contribution >= 0.6 is 15.9 Å². The quantitative estimate of drug-likeness (QED) is 0.777. The molecule has 2 aromatic carbocycles. The molecule has 1 amide bonds. The van der Waals surface area contributed by atoms with E-state index < -0.39 is 0 Å². The average molecular weight is 421 g/mol. The number of nitrogens with zero attached hydrogens (tertiary/aromatic N) is 1. The van der Waals surface area contributed by atoms with Crippen molar-refractivity contribution in [3.63, 3.8) is 0 Å². The van der Waals surface area contributed by atoms with Gasteiger partial charge in [-0.2, -0.15) is 0 Å². The van der Waals surface area contributed by atoms with Gasteiger partial charge in [0.05, 0.1) is 32.2 Å². The minimum absolute atomic E-state index is 0.00416. The predicted octanol–water partition coefficient (Wildman–Crippen LogP) is 2.17. The first-order chi connectivity index (χ1) is 12.5. The maximum absolute atomic E-state index is 13.0. The third kappa shape index (κ3) is 5.05. The second-order valence-electron chi connectivity index (χ2n) is 6.73. The molecule has 0 saturated carbocycles. The van der Waals surface area contributed by atoms with Gasteiger partial charge in [0.15, 0.2) is 6.54 Å². The molecule has 6 heteroatoms. The van der Waals surface area contributed by atoms with E-state index in [1.165, 1.54) is 17.0 Å². The monoisotopic (exact) mass is 420 g/mol. The van der Waals surface area contributed by atoms with Crippen molar-refractivity contribution < 1.29 is 14.1 Å². The molecule has 0 aliphatic carbocycles. The molecule has 1 atom stereocenters. The van der Waals surface area contributed by atoms with Gasteiger partial charge >= 0.3 is 0 Å². The normalized spacial score (nSPS) is 16.3. The highest BCUT2D eigenvalue weighted by Gasteiger charge is 2.23. The zero-order valence-electron chi connectivity index (χ0n) is 14.8. The summed E-state index contributed by atoms with van der Waals surface area (Å²) < 4.78 is 14.1. The highest BCUT2D eigenvalue weighted by molar-refractivity contribution is 9.10. The first kappa shape index (κ1) is 18.9. The minimum Gasteiger partial charge on any atom is -0.360 e. The first-order valence-electron chi connectivity index (χ1n) is 8.90. The smallest absolute Gasteiger partial charge is 0.275 e. The summed E-state index contributed by atoms with van der Waals surface area (Å²) in [6.45, 7) is 6.03. The van der Waals surface area contributed by atoms with E-state index in [-0.39, 0.29) is 17.8 Å². The standard InChI is InChI=1S/C20H23BrFN3O/c1-15(16-2-4-17(21)5-3-16)23-20(26)14-24-10-12-25(13-11-24)19-8-6-18(22)7-9-19/h2-9,15H,10-14H2,1H3,(H,23,26)/p+1/t15-/m1/s1. The van der Waals surface area contributed by atoms with Crippen LogP contribution in [-0.4, -0.2) is 38.6 Å². The molecule has 0 unspecified atom stereocenters. The lowest BCUT2D eigenvalue weighted by molar-refractivity contribution is -0.892. The van der Waals surface area contributed by atoms with Crippen molar-refractivity contribution in [2.75, 3.05) is 37.6 Å². The van der Waals surface area contributed by atoms with Crippen LogP contribution in [0.1, 0.15) is 18.5 Å². The lowest BCUT2D eigenvalue weighted by atomic mass is 10.1. The SMILES string of the molecule is C[C@@H](NC(=O)C[NH+]1CCN(c2ccc(F)cc2)CC1)c1ccc(Br)cc1. The molecular formula is C20H24BrFN3O+. The summed E-state index contributed by atoms with van der Waals surface area (Å²) >= 11 is 3.42. The van der Waals surface area contributed by atoms with Crippen LogP contribution in [0.5, 0.6) is 0 Å². The number of benzene rings is 2. The van der Waals surface area contributed by atoms with Gasteiger partial charge in [-0.05, 0) is 48.9 Å². The van der Waals surface area contributed by atoms with Crippen molar-refractivity contribution in [2.45, 2.75) is 13.0 Å². The number of rotatable bonds is 5. The van der Waals surface area contributed by atoms with E-state index in [4.69, 9.17) is 0 Å². The molecule has 1 heterocycles. The Morgan fingerprint density at radius 2 is 1.77 bits per heavy atom. The number of hydrogen-bond acceptors (Lipinski definition) is 2. The summed E-state index contributed by atoms with van der Waals surface area (Å²) in [6.07, 6.45) is 0. The van der Waals surface area contributed by atoms with Gasteiger partial charge in [-0.25, -0.2) is 4.39 Å². The van der Waals surface area contributed by atoms with Gasteiger partial charge in [-0.3, -0.25) is 4.79 Å². The Bertz CT molecular complexity index is 728. The van der Waals surface area contributed by atoms with Gasteiger partial charge < -0.3 is 15.1 Å². The number of hydrogen-bond donors (Lipinski definition) is 2. The molecule has 0 radical (unpaired) electrons. The van der Waals surface area contributed by atoms with Crippen molar-refractivity contribution >= 4 is 27.5 Å². The molecule has 4 nitrogen and oxygen atoms in total. The molecule has 0 spiro atoms. The van der Waals surface area contributed by atoms with Gasteiger partial charge in [0.1, 0.15) is 5.82 Å². The van der Waals surface area contributed by atoms with Crippen LogP contribution in [0.25, 0.3) is 0 Å². The lowest BCUT2D eigenvalue weighted by Crippen LogP contribution is -3.15. The molecule has 1 fully saturated rings. The zero-order chi connectivity index (χ0) is 18.5. The predicted molar refractivity (Wildman–Crippen MR) is 105 cm³/mol. The van der Waals surface area contributed by atoms with Gasteiger partial charge in [0.2, 0.25) is 0 Å². The number of piperazine rings is 1. The van der Waals surface area contributed by atoms with E-state index in [0.717, 1.165) is 41.9 Å². The van der Waals surface area contributed by atoms with E-state index in [1.807, 2.05) is 43.3 Å². The Kier molecular flexibility index (Phi) is 6.27. The summed E-state index contributed by atoms with van der Waals surface area (Å²) in [6, 6.07) is 14.6. The van der Waals surface area contributed by atoms with Crippen molar-refractivity contribution in [1.82, 2.24) is 5.32 Å². The maximum Gasteiger partial charge on any atom is 0.275 e. The number of nitrogens with one attached hydrogen (secondary N) is 2. The van der Waals surface area contributed by atoms with Crippen molar-refractivity contribution in [3.8, 4) is 0 Å². The maximum atomic E-state index is 13.0. The van der Waals surface area contributed by atoms with Crippen LogP contribution < -0.4 is 15.1 Å². The molecule has 26 heavy (non-hydrogen) atoms. The largest absolute Gasteiger partial charge is 0.360 e. The first-order valence-corrected chi connectivity index (χ1v) is 9.69. The molecule has 1 saturated heterocycles. The van der Waals surface area contributed by atoms with Crippen LogP contribution in [0.4, 0.5) is 10.1 Å². The van der Waals surface area contributed by atoms with Gasteiger partial charge in [0.25, 0.3) is 5.91 Å². The number of quaternary nitrogens is 1. The minimum atomic E-state index is -0.213. The molecule has 1 aliphatic rings. The van der Waals surface area contributed by atoms with Gasteiger partial charge in [-0.1, -0.05) is 28.1 Å². The molecule has 2 aromatic rings. The fourth-order valence-electron chi connectivity index (χ4n) is 3.26. The van der Waals surface area contributed by atoms with E-state index in [0.29, 0.717) is 6.54 Å². The third-order valence-corrected chi connectivity index (χ3v) is 5.35. The lowest BCUT2D eigenvalue weighted by Gasteiger charge is -2.33. The Morgan fingerprint density at radius 1 is 1.15 bits per heavy atom. The van der Waals surface area contributed by atoms with E-state index in [1.54, 1.807) is 0 Å². The van der Waals surface area contributed by atoms with Crippen molar-refractivity contribution in [1.29, 1.82) is 0 Å². The molecule has 2 N–H and O–H groups in total. The number of amides is 1. The summed E-state index contributed by atoms with van der Waals surface area (Å²) in [5, 5.41) is 3.08. The van der Waals surface area contributed by atoms with E-state index >= 15 is 0 Å². The summed E-state index contributed by atoms with van der Waals surface area (Å²) in [5.41, 5.74) is 2.14. The summed E-state index contributed by atoms with van der Waals surface area (Å²) in [7, 11) is 0. The Hall–Kier alpha value is -1.92. The summed E-state index contributed by atoms with van der Waals surface area (Å²) in [5.74, 6) is -0.139. The van der Waals surface area contributed by atoms with Gasteiger partial charge in [0, 0.05) is 10.2 Å². The zero-order valence-corrected chi connectivity index (χ0v) is 16.4. The van der Waals surface area contributed by atoms with Gasteiger partial charge in [-0.15, -0.1) is 0 Å². The van der Waals surface area contributed by atoms with Crippen LogP contribution in [0.2, 0.25) is 0 Å². The fourth-order valence-corrected chi connectivity index (χ4v) is 3.53. The average Bonchev–Trinajstić information content (AvgIpc) is 2.63. The molecule has 138 valence electrons. The van der Waals surface area contributed by atoms with Crippen LogP contribution in [0.15, 0.2) is 53.0 Å². The number of carbonyl (C=O) groups excluding carboxylic acids is 1. The van der Waals surface area contributed by atoms with E-state index in [2.05, 4.69) is 26.1 Å². The number of carbonyl (C=O) groups is 1. The summed E-state index contributed by atoms with van der Waals surface area (Å²) in [4.78, 5) is 15.9. The van der Waals surface area contributed by atoms with Crippen molar-refractivity contribution in [3.05, 3.63) is 64.4 Å². The molecule has 1 aliphatic heterocycles.